The summed E-state index contributed by atoms with van der Waals surface area (Å²) in [6, 6.07) is 10.0. The van der Waals surface area contributed by atoms with Crippen LogP contribution in [0.25, 0.3) is 33.1 Å². The van der Waals surface area contributed by atoms with Crippen LogP contribution in [0.5, 0.6) is 0 Å². The summed E-state index contributed by atoms with van der Waals surface area (Å²) in [6.07, 6.45) is 9.02. The van der Waals surface area contributed by atoms with Gasteiger partial charge in [-0.1, -0.05) is 44.0 Å². The lowest BCUT2D eigenvalue weighted by Gasteiger charge is -2.20. The second-order valence-electron chi connectivity index (χ2n) is 11.4. The van der Waals surface area contributed by atoms with Gasteiger partial charge in [0.25, 0.3) is 0 Å². The standard InChI is InChI=1S/C35H34F2N4O2/c1-5-6-7-8-14-30(42)39-33-27(36)17-22(18-28(33)37)35(43)26-19-41-15-10-13-24-31(25-12-9-11-23(26)34(25)41)20(2)16-29-32(24)38-21(3)40(29)4/h8-9,11-12,14,16-19H,5-7,10,13,15H2,1-4H3,(H,39,42)/b14-8+. The van der Waals surface area contributed by atoms with Crippen LogP contribution in [0.3, 0.4) is 0 Å². The van der Waals surface area contributed by atoms with Crippen LogP contribution in [0, 0.1) is 25.5 Å². The molecule has 5 aromatic rings. The van der Waals surface area contributed by atoms with Gasteiger partial charge in [-0.3, -0.25) is 9.59 Å². The zero-order chi connectivity index (χ0) is 30.4. The number of anilines is 1. The predicted octanol–water partition coefficient (Wildman–Crippen LogP) is 7.95. The number of halogens is 2. The van der Waals surface area contributed by atoms with Crippen molar-refractivity contribution < 1.29 is 18.4 Å². The summed E-state index contributed by atoms with van der Waals surface area (Å²) in [6.45, 7) is 6.83. The fourth-order valence-electron chi connectivity index (χ4n) is 6.27. The molecule has 6 rings (SSSR count). The Kier molecular flexibility index (Phi) is 7.46. The van der Waals surface area contributed by atoms with Crippen LogP contribution >= 0.6 is 0 Å². The first-order chi connectivity index (χ1) is 20.7. The van der Waals surface area contributed by atoms with E-state index in [0.717, 1.165) is 82.3 Å². The van der Waals surface area contributed by atoms with Gasteiger partial charge in [0.05, 0.1) is 16.6 Å². The minimum Gasteiger partial charge on any atom is -0.346 e. The van der Waals surface area contributed by atoms with Crippen molar-refractivity contribution in [2.24, 2.45) is 7.05 Å². The van der Waals surface area contributed by atoms with Gasteiger partial charge >= 0.3 is 0 Å². The molecule has 43 heavy (non-hydrogen) atoms. The summed E-state index contributed by atoms with van der Waals surface area (Å²) in [7, 11) is 2.03. The van der Waals surface area contributed by atoms with E-state index in [-0.39, 0.29) is 5.56 Å². The van der Waals surface area contributed by atoms with Crippen molar-refractivity contribution in [3.05, 3.63) is 94.5 Å². The number of allylic oxidation sites excluding steroid dienone is 1. The Hall–Kier alpha value is -4.59. The summed E-state index contributed by atoms with van der Waals surface area (Å²) in [5.41, 5.74) is 7.17. The van der Waals surface area contributed by atoms with Crippen LogP contribution in [0.1, 0.15) is 65.5 Å². The summed E-state index contributed by atoms with van der Waals surface area (Å²) in [4.78, 5) is 30.9. The maximum absolute atomic E-state index is 15.1. The Bertz CT molecular complexity index is 1940. The highest BCUT2D eigenvalue weighted by molar-refractivity contribution is 6.18. The van der Waals surface area contributed by atoms with Gasteiger partial charge in [-0.25, -0.2) is 13.8 Å². The number of amides is 1. The van der Waals surface area contributed by atoms with Gasteiger partial charge in [-0.05, 0) is 74.1 Å². The number of ketones is 1. The van der Waals surface area contributed by atoms with Crippen LogP contribution < -0.4 is 5.32 Å². The normalized spacial score (nSPS) is 13.0. The number of hydrogen-bond acceptors (Lipinski definition) is 3. The fraction of sp³-hybridized carbons (Fsp3) is 0.286. The van der Waals surface area contributed by atoms with Crippen molar-refractivity contribution in [3.63, 3.8) is 0 Å². The van der Waals surface area contributed by atoms with Crippen molar-refractivity contribution in [1.29, 1.82) is 0 Å². The van der Waals surface area contributed by atoms with E-state index in [4.69, 9.17) is 4.98 Å². The highest BCUT2D eigenvalue weighted by Crippen LogP contribution is 2.41. The van der Waals surface area contributed by atoms with Crippen LogP contribution in [-0.2, 0) is 24.8 Å². The van der Waals surface area contributed by atoms with E-state index in [2.05, 4.69) is 33.5 Å². The number of benzene rings is 3. The predicted molar refractivity (Wildman–Crippen MR) is 167 cm³/mol. The first-order valence-corrected chi connectivity index (χ1v) is 14.8. The molecule has 6 nitrogen and oxygen atoms in total. The molecule has 0 radical (unpaired) electrons. The maximum Gasteiger partial charge on any atom is 0.248 e. The lowest BCUT2D eigenvalue weighted by molar-refractivity contribution is -0.112. The molecule has 0 fully saturated rings. The molecule has 0 spiro atoms. The van der Waals surface area contributed by atoms with E-state index >= 15 is 8.78 Å². The molecule has 3 aromatic carbocycles. The molecule has 1 aliphatic rings. The molecule has 0 unspecified atom stereocenters. The zero-order valence-corrected chi connectivity index (χ0v) is 24.9. The lowest BCUT2D eigenvalue weighted by atomic mass is 9.89. The Morgan fingerprint density at radius 3 is 2.63 bits per heavy atom. The molecular weight excluding hydrogens is 546 g/mol. The minimum absolute atomic E-state index is 0.118. The number of para-hydroxylation sites is 1. The fourth-order valence-corrected chi connectivity index (χ4v) is 6.27. The number of carbonyl (C=O) groups excluding carboxylic acids is 2. The summed E-state index contributed by atoms with van der Waals surface area (Å²) in [5, 5.41) is 2.99. The average molecular weight is 581 g/mol. The summed E-state index contributed by atoms with van der Waals surface area (Å²) in [5.74, 6) is -2.15. The van der Waals surface area contributed by atoms with Gasteiger partial charge < -0.3 is 14.5 Å². The van der Waals surface area contributed by atoms with Gasteiger partial charge in [0, 0.05) is 41.9 Å². The number of nitrogens with one attached hydrogen (secondary N) is 1. The molecule has 220 valence electrons. The molecule has 1 amide bonds. The first-order valence-electron chi connectivity index (χ1n) is 14.8. The number of unbranched alkanes of at least 4 members (excludes halogenated alkanes) is 2. The number of fused-ring (bicyclic) bond motifs is 4. The van der Waals surface area contributed by atoms with E-state index in [1.165, 1.54) is 11.6 Å². The Morgan fingerprint density at radius 2 is 1.88 bits per heavy atom. The molecule has 0 bridgehead atoms. The SMILES string of the molecule is CCCC/C=C/C(=O)Nc1c(F)cc(C(=O)c2cn3c4c(cccc24)-c2c(C)cc4c(nc(C)n4C)c2CCC3)cc1F. The molecule has 0 saturated heterocycles. The van der Waals surface area contributed by atoms with Gasteiger partial charge in [-0.2, -0.15) is 0 Å². The number of aromatic nitrogens is 3. The van der Waals surface area contributed by atoms with E-state index < -0.39 is 29.0 Å². The van der Waals surface area contributed by atoms with Gasteiger partial charge in [0.15, 0.2) is 5.78 Å². The Morgan fingerprint density at radius 1 is 1.12 bits per heavy atom. The second kappa shape index (κ2) is 11.2. The van der Waals surface area contributed by atoms with Crippen molar-refractivity contribution in [1.82, 2.24) is 14.1 Å². The number of carbonyl (C=O) groups is 2. The topological polar surface area (TPSA) is 68.9 Å². The van der Waals surface area contributed by atoms with Crippen LogP contribution in [0.4, 0.5) is 14.5 Å². The van der Waals surface area contributed by atoms with Crippen LogP contribution in [0.2, 0.25) is 0 Å². The number of imidazole rings is 1. The molecular formula is C35H34F2N4O2. The largest absolute Gasteiger partial charge is 0.346 e. The summed E-state index contributed by atoms with van der Waals surface area (Å²) < 4.78 is 34.4. The molecule has 3 heterocycles. The van der Waals surface area contributed by atoms with Crippen molar-refractivity contribution in [2.75, 3.05) is 5.32 Å². The number of nitrogens with zero attached hydrogens (tertiary/aromatic N) is 3. The summed E-state index contributed by atoms with van der Waals surface area (Å²) >= 11 is 0. The molecule has 8 heteroatoms. The third-order valence-electron chi connectivity index (χ3n) is 8.48. The van der Waals surface area contributed by atoms with Crippen LogP contribution in [-0.4, -0.2) is 25.8 Å². The number of hydrogen-bond donors (Lipinski definition) is 1. The van der Waals surface area contributed by atoms with Gasteiger partial charge in [0.1, 0.15) is 23.1 Å². The quantitative estimate of drug-likeness (QED) is 0.121. The third-order valence-corrected chi connectivity index (χ3v) is 8.48. The lowest BCUT2D eigenvalue weighted by Crippen LogP contribution is -2.12. The minimum atomic E-state index is -1.000. The first kappa shape index (κ1) is 28.5. The molecule has 0 saturated carbocycles. The van der Waals surface area contributed by atoms with Crippen molar-refractivity contribution in [3.8, 4) is 11.1 Å². The highest BCUT2D eigenvalue weighted by Gasteiger charge is 2.26. The molecule has 2 aromatic heterocycles. The molecule has 0 aliphatic carbocycles. The van der Waals surface area contributed by atoms with E-state index in [1.807, 2.05) is 33.0 Å². The smallest absolute Gasteiger partial charge is 0.248 e. The van der Waals surface area contributed by atoms with Gasteiger partial charge in [-0.15, -0.1) is 0 Å². The Labute approximate surface area is 249 Å². The maximum atomic E-state index is 15.1. The van der Waals surface area contributed by atoms with Crippen LogP contribution in [0.15, 0.2) is 54.7 Å². The number of rotatable bonds is 7. The third kappa shape index (κ3) is 4.94. The van der Waals surface area contributed by atoms with Gasteiger partial charge in [0.2, 0.25) is 5.91 Å². The highest BCUT2D eigenvalue weighted by atomic mass is 19.1. The molecule has 0 atom stereocenters. The monoisotopic (exact) mass is 580 g/mol. The Balaban J connectivity index is 1.41. The molecule has 1 aliphatic heterocycles. The van der Waals surface area contributed by atoms with E-state index in [1.54, 1.807) is 12.3 Å². The van der Waals surface area contributed by atoms with Crippen molar-refractivity contribution >= 4 is 39.3 Å². The van der Waals surface area contributed by atoms with E-state index in [9.17, 15) is 9.59 Å². The molecule has 1 N–H and O–H groups in total. The number of aryl methyl sites for hydroxylation is 5. The zero-order valence-electron chi connectivity index (χ0n) is 24.9. The van der Waals surface area contributed by atoms with Crippen molar-refractivity contribution in [2.45, 2.75) is 59.4 Å². The van der Waals surface area contributed by atoms with E-state index in [0.29, 0.717) is 18.5 Å². The second-order valence-corrected chi connectivity index (χ2v) is 11.4. The average Bonchev–Trinajstić information content (AvgIpc) is 3.48.